The lowest BCUT2D eigenvalue weighted by molar-refractivity contribution is 0.803. The van der Waals surface area contributed by atoms with Crippen LogP contribution < -0.4 is 5.73 Å². The van der Waals surface area contributed by atoms with Crippen molar-refractivity contribution < 1.29 is 0 Å². The Balaban J connectivity index is 4.10. The second kappa shape index (κ2) is 4.79. The van der Waals surface area contributed by atoms with Gasteiger partial charge in [0.25, 0.3) is 0 Å². The molecule has 0 heterocycles. The summed E-state index contributed by atoms with van der Waals surface area (Å²) >= 11 is 0. The predicted octanol–water partition coefficient (Wildman–Crippen LogP) is 1.70. The van der Waals surface area contributed by atoms with E-state index in [9.17, 15) is 0 Å². The van der Waals surface area contributed by atoms with Crippen molar-refractivity contribution in [2.75, 3.05) is 0 Å². The van der Waals surface area contributed by atoms with E-state index in [0.717, 1.165) is 5.57 Å². The van der Waals surface area contributed by atoms with Gasteiger partial charge in [-0.15, -0.1) is 0 Å². The van der Waals surface area contributed by atoms with Crippen molar-refractivity contribution in [2.24, 2.45) is 16.6 Å². The first-order chi connectivity index (χ1) is 4.72. The van der Waals surface area contributed by atoms with Gasteiger partial charge in [0.2, 0.25) is 0 Å². The summed E-state index contributed by atoms with van der Waals surface area (Å²) in [6.45, 7) is 7.59. The molecule has 0 unspecified atom stereocenters. The van der Waals surface area contributed by atoms with Gasteiger partial charge in [0.05, 0.1) is 0 Å². The van der Waals surface area contributed by atoms with E-state index in [4.69, 9.17) is 5.73 Å². The summed E-state index contributed by atoms with van der Waals surface area (Å²) in [6.07, 6.45) is 4.78. The molecular formula is C8H14N2. The van der Waals surface area contributed by atoms with Gasteiger partial charge < -0.3 is 5.73 Å². The fourth-order valence-electron chi connectivity index (χ4n) is 0.523. The Labute approximate surface area is 62.1 Å². The smallest absolute Gasteiger partial charge is 0.0316 e. The molecule has 0 aliphatic rings. The number of nitrogens with two attached hydrogens (primary N) is 1. The maximum Gasteiger partial charge on any atom is 0.0316 e. The van der Waals surface area contributed by atoms with Crippen LogP contribution in [0.25, 0.3) is 0 Å². The van der Waals surface area contributed by atoms with Gasteiger partial charge in [0.15, 0.2) is 0 Å². The number of allylic oxidation sites excluding steroid dienone is 1. The van der Waals surface area contributed by atoms with Crippen LogP contribution in [0.4, 0.5) is 0 Å². The zero-order valence-electron chi connectivity index (χ0n) is 6.54. The van der Waals surface area contributed by atoms with Crippen LogP contribution in [-0.4, -0.2) is 6.21 Å². The first-order valence-corrected chi connectivity index (χ1v) is 3.28. The summed E-state index contributed by atoms with van der Waals surface area (Å²) < 4.78 is 0. The van der Waals surface area contributed by atoms with Gasteiger partial charge in [-0.1, -0.05) is 20.4 Å². The van der Waals surface area contributed by atoms with Crippen LogP contribution in [0.15, 0.2) is 29.5 Å². The van der Waals surface area contributed by atoms with Crippen LogP contribution >= 0.6 is 0 Å². The van der Waals surface area contributed by atoms with E-state index in [0.29, 0.717) is 5.92 Å². The lowest BCUT2D eigenvalue weighted by Crippen LogP contribution is -1.98. The van der Waals surface area contributed by atoms with E-state index < -0.39 is 0 Å². The minimum Gasteiger partial charge on any atom is -0.404 e. The topological polar surface area (TPSA) is 38.4 Å². The summed E-state index contributed by atoms with van der Waals surface area (Å²) in [7, 11) is 0. The van der Waals surface area contributed by atoms with E-state index >= 15 is 0 Å². The lowest BCUT2D eigenvalue weighted by atomic mass is 10.1. The van der Waals surface area contributed by atoms with Crippen LogP contribution in [0.3, 0.4) is 0 Å². The first-order valence-electron chi connectivity index (χ1n) is 3.28. The summed E-state index contributed by atoms with van der Waals surface area (Å²) in [5.41, 5.74) is 6.35. The molecule has 10 heavy (non-hydrogen) atoms. The number of aliphatic imine (C=N–C) groups is 1. The van der Waals surface area contributed by atoms with Crippen molar-refractivity contribution in [1.29, 1.82) is 0 Å². The molecule has 0 aliphatic heterocycles. The average Bonchev–Trinajstić information content (AvgIpc) is 1.89. The number of rotatable bonds is 3. The molecular weight excluding hydrogens is 124 g/mol. The van der Waals surface area contributed by atoms with E-state index in [1.54, 1.807) is 12.4 Å². The maximum atomic E-state index is 5.33. The molecule has 0 amide bonds. The van der Waals surface area contributed by atoms with Gasteiger partial charge >= 0.3 is 0 Å². The van der Waals surface area contributed by atoms with Crippen molar-refractivity contribution in [1.82, 2.24) is 0 Å². The molecule has 2 nitrogen and oxygen atoms in total. The fraction of sp³-hybridized carbons (Fsp3) is 0.375. The second-order valence-corrected chi connectivity index (χ2v) is 2.28. The molecule has 0 saturated carbocycles. The molecule has 0 aliphatic carbocycles. The minimum atomic E-state index is 0.425. The Hall–Kier alpha value is -1.05. The van der Waals surface area contributed by atoms with Gasteiger partial charge in [0.1, 0.15) is 0 Å². The van der Waals surface area contributed by atoms with Gasteiger partial charge in [-0.3, -0.25) is 4.99 Å². The van der Waals surface area contributed by atoms with E-state index in [1.165, 1.54) is 6.20 Å². The first kappa shape index (κ1) is 8.95. The summed E-state index contributed by atoms with van der Waals surface area (Å²) in [6, 6.07) is 0. The van der Waals surface area contributed by atoms with Gasteiger partial charge in [-0.2, -0.15) is 0 Å². The average molecular weight is 138 g/mol. The van der Waals surface area contributed by atoms with Gasteiger partial charge in [-0.25, -0.2) is 0 Å². The van der Waals surface area contributed by atoms with Crippen molar-refractivity contribution in [3.05, 3.63) is 24.6 Å². The number of hydrogen-bond acceptors (Lipinski definition) is 2. The highest BCUT2D eigenvalue weighted by Crippen LogP contribution is 2.04. The van der Waals surface area contributed by atoms with E-state index in [2.05, 4.69) is 25.4 Å². The molecule has 0 aromatic rings. The molecule has 0 radical (unpaired) electrons. The fourth-order valence-corrected chi connectivity index (χ4v) is 0.523. The molecule has 2 heteroatoms. The van der Waals surface area contributed by atoms with Crippen molar-refractivity contribution in [3.8, 4) is 0 Å². The normalized spacial score (nSPS) is 12.9. The summed E-state index contributed by atoms with van der Waals surface area (Å²) in [4.78, 5) is 3.85. The quantitative estimate of drug-likeness (QED) is 0.592. The largest absolute Gasteiger partial charge is 0.404 e. The Morgan fingerprint density at radius 1 is 1.60 bits per heavy atom. The Morgan fingerprint density at radius 2 is 2.20 bits per heavy atom. The third-order valence-electron chi connectivity index (χ3n) is 1.19. The van der Waals surface area contributed by atoms with Crippen LogP contribution in [0.2, 0.25) is 0 Å². The van der Waals surface area contributed by atoms with E-state index in [1.807, 2.05) is 0 Å². The monoisotopic (exact) mass is 138 g/mol. The molecule has 0 rings (SSSR count). The van der Waals surface area contributed by atoms with Crippen LogP contribution in [0, 0.1) is 5.92 Å². The molecule has 0 aromatic carbocycles. The molecule has 2 N–H and O–H groups in total. The molecule has 0 fully saturated rings. The lowest BCUT2D eigenvalue weighted by Gasteiger charge is -2.01. The zero-order valence-corrected chi connectivity index (χ0v) is 6.54. The second-order valence-electron chi connectivity index (χ2n) is 2.28. The SMILES string of the molecule is C=C/N=C\C(=C/N)C(C)C. The Bertz CT molecular complexity index is 155. The van der Waals surface area contributed by atoms with Crippen molar-refractivity contribution >= 4 is 6.21 Å². The Morgan fingerprint density at radius 3 is 2.50 bits per heavy atom. The highest BCUT2D eigenvalue weighted by molar-refractivity contribution is 5.79. The summed E-state index contributed by atoms with van der Waals surface area (Å²) in [5, 5.41) is 0. The van der Waals surface area contributed by atoms with Crippen LogP contribution in [0.5, 0.6) is 0 Å². The van der Waals surface area contributed by atoms with Crippen LogP contribution in [0.1, 0.15) is 13.8 Å². The molecule has 0 spiro atoms. The Kier molecular flexibility index (Phi) is 4.29. The number of hydrogen-bond donors (Lipinski definition) is 1. The molecule has 0 saturated heterocycles. The van der Waals surface area contributed by atoms with Gasteiger partial charge in [0, 0.05) is 12.4 Å². The van der Waals surface area contributed by atoms with E-state index in [-0.39, 0.29) is 0 Å². The minimum absolute atomic E-state index is 0.425. The van der Waals surface area contributed by atoms with Gasteiger partial charge in [-0.05, 0) is 17.7 Å². The molecule has 0 atom stereocenters. The van der Waals surface area contributed by atoms with Crippen molar-refractivity contribution in [3.63, 3.8) is 0 Å². The molecule has 0 bridgehead atoms. The standard InChI is InChI=1S/C8H14N2/c1-4-10-6-8(5-9)7(2)3/h4-7H,1,9H2,2-3H3/b8-5+,10-6-. The highest BCUT2D eigenvalue weighted by Gasteiger charge is 1.96. The molecule has 0 aromatic heterocycles. The van der Waals surface area contributed by atoms with Crippen LogP contribution in [-0.2, 0) is 0 Å². The predicted molar refractivity (Wildman–Crippen MR) is 45.8 cm³/mol. The van der Waals surface area contributed by atoms with Crippen molar-refractivity contribution in [2.45, 2.75) is 13.8 Å². The maximum absolute atomic E-state index is 5.33. The molecule has 56 valence electrons. The summed E-state index contributed by atoms with van der Waals surface area (Å²) in [5.74, 6) is 0.425. The number of nitrogens with zero attached hydrogens (tertiary/aromatic N) is 1. The third-order valence-corrected chi connectivity index (χ3v) is 1.19. The third kappa shape index (κ3) is 3.07. The zero-order chi connectivity index (χ0) is 7.98. The highest BCUT2D eigenvalue weighted by atomic mass is 14.7.